The molecule has 1 saturated heterocycles. The highest BCUT2D eigenvalue weighted by molar-refractivity contribution is 7.18. The highest BCUT2D eigenvalue weighted by Gasteiger charge is 2.22. The van der Waals surface area contributed by atoms with Gasteiger partial charge in [0, 0.05) is 32.7 Å². The zero-order valence-corrected chi connectivity index (χ0v) is 13.0. The number of nitrogens with two attached hydrogens (primary N) is 1. The van der Waals surface area contributed by atoms with E-state index in [1.165, 1.54) is 30.6 Å². The lowest BCUT2D eigenvalue weighted by Gasteiger charge is -2.26. The lowest BCUT2D eigenvalue weighted by Crippen LogP contribution is -2.43. The van der Waals surface area contributed by atoms with E-state index in [-0.39, 0.29) is 5.91 Å². The van der Waals surface area contributed by atoms with Gasteiger partial charge in [0.15, 0.2) is 5.13 Å². The van der Waals surface area contributed by atoms with Crippen molar-refractivity contribution in [1.29, 1.82) is 0 Å². The molecule has 0 aromatic carbocycles. The maximum Gasteiger partial charge on any atom is 0.265 e. The predicted molar refractivity (Wildman–Crippen MR) is 85.9 cm³/mol. The minimum atomic E-state index is -0.0813. The average molecular weight is 309 g/mol. The van der Waals surface area contributed by atoms with Gasteiger partial charge in [-0.25, -0.2) is 4.98 Å². The highest BCUT2D eigenvalue weighted by atomic mass is 32.1. The summed E-state index contributed by atoms with van der Waals surface area (Å²) < 4.78 is 0. The quantitative estimate of drug-likeness (QED) is 0.684. The van der Waals surface area contributed by atoms with Crippen molar-refractivity contribution < 1.29 is 4.79 Å². The van der Waals surface area contributed by atoms with Crippen LogP contribution < -0.4 is 21.3 Å². The number of nitrogens with zero attached hydrogens (tertiary/aromatic N) is 2. The second kappa shape index (κ2) is 6.62. The van der Waals surface area contributed by atoms with Crippen molar-refractivity contribution in [3.8, 4) is 0 Å². The van der Waals surface area contributed by atoms with Crippen LogP contribution in [0.4, 0.5) is 10.9 Å². The van der Waals surface area contributed by atoms with Gasteiger partial charge in [0.05, 0.1) is 0 Å². The fourth-order valence-electron chi connectivity index (χ4n) is 2.55. The smallest absolute Gasteiger partial charge is 0.265 e. The summed E-state index contributed by atoms with van der Waals surface area (Å²) in [5.41, 5.74) is 5.91. The van der Waals surface area contributed by atoms with Crippen LogP contribution in [0.5, 0.6) is 0 Å². The van der Waals surface area contributed by atoms with Crippen LogP contribution in [0.1, 0.15) is 35.4 Å². The van der Waals surface area contributed by atoms with E-state index in [9.17, 15) is 4.79 Å². The molecule has 21 heavy (non-hydrogen) atoms. The number of nitrogens with one attached hydrogen (secondary N) is 2. The van der Waals surface area contributed by atoms with Gasteiger partial charge in [0.2, 0.25) is 0 Å². The van der Waals surface area contributed by atoms with Gasteiger partial charge in [-0.1, -0.05) is 24.2 Å². The van der Waals surface area contributed by atoms with E-state index in [1.54, 1.807) is 0 Å². The minimum absolute atomic E-state index is 0.0813. The average Bonchev–Trinajstić information content (AvgIpc) is 3.25. The molecule has 1 aromatic heterocycles. The Morgan fingerprint density at radius 1 is 1.43 bits per heavy atom. The summed E-state index contributed by atoms with van der Waals surface area (Å²) >= 11 is 1.40. The molecule has 0 atom stereocenters. The van der Waals surface area contributed by atoms with E-state index >= 15 is 0 Å². The fraction of sp³-hybridized carbons (Fsp3) is 0.714. The molecule has 2 aliphatic rings. The fourth-order valence-corrected chi connectivity index (χ4v) is 3.51. The molecule has 4 N–H and O–H groups in total. The largest absolute Gasteiger partial charge is 0.382 e. The van der Waals surface area contributed by atoms with E-state index in [2.05, 4.69) is 20.5 Å². The summed E-state index contributed by atoms with van der Waals surface area (Å²) in [7, 11) is 0. The first-order chi connectivity index (χ1) is 10.2. The summed E-state index contributed by atoms with van der Waals surface area (Å²) in [6, 6.07) is 0. The van der Waals surface area contributed by atoms with Crippen LogP contribution in [0.25, 0.3) is 0 Å². The van der Waals surface area contributed by atoms with Gasteiger partial charge < -0.3 is 21.3 Å². The first-order valence-corrected chi connectivity index (χ1v) is 8.56. The van der Waals surface area contributed by atoms with Crippen molar-refractivity contribution in [2.45, 2.75) is 25.7 Å². The Hall–Kier alpha value is -1.34. The van der Waals surface area contributed by atoms with Gasteiger partial charge in [-0.15, -0.1) is 0 Å². The van der Waals surface area contributed by atoms with E-state index in [0.717, 1.165) is 50.2 Å². The molecule has 1 saturated carbocycles. The van der Waals surface area contributed by atoms with E-state index < -0.39 is 0 Å². The van der Waals surface area contributed by atoms with Gasteiger partial charge in [0.1, 0.15) is 10.7 Å². The molecule has 1 aromatic rings. The van der Waals surface area contributed by atoms with Crippen molar-refractivity contribution >= 4 is 28.2 Å². The van der Waals surface area contributed by atoms with Gasteiger partial charge in [-0.2, -0.15) is 0 Å². The molecule has 0 bridgehead atoms. The Bertz CT molecular complexity index is 494. The number of anilines is 2. The standard InChI is InChI=1S/C14H23N5OS/c15-12-11(13(20)17-5-1-2-10-3-4-10)21-14(18-12)19-8-6-16-7-9-19/h10,16H,1-9,15H2,(H,17,20). The number of hydrogen-bond donors (Lipinski definition) is 3. The van der Waals surface area contributed by atoms with Gasteiger partial charge in [0.25, 0.3) is 5.91 Å². The third-order valence-corrected chi connectivity index (χ3v) is 5.14. The molecule has 1 aliphatic heterocycles. The zero-order valence-electron chi connectivity index (χ0n) is 12.2. The second-order valence-corrected chi connectivity index (χ2v) is 6.77. The number of aromatic nitrogens is 1. The van der Waals surface area contributed by atoms with Crippen molar-refractivity contribution in [3.05, 3.63) is 4.88 Å². The molecule has 1 amide bonds. The van der Waals surface area contributed by atoms with Crippen LogP contribution in [0.2, 0.25) is 0 Å². The van der Waals surface area contributed by atoms with Gasteiger partial charge in [-0.3, -0.25) is 4.79 Å². The number of piperazine rings is 1. The van der Waals surface area contributed by atoms with Crippen LogP contribution in [-0.2, 0) is 0 Å². The monoisotopic (exact) mass is 309 g/mol. The summed E-state index contributed by atoms with van der Waals surface area (Å²) in [5, 5.41) is 7.12. The minimum Gasteiger partial charge on any atom is -0.382 e. The first kappa shape index (κ1) is 14.6. The maximum absolute atomic E-state index is 12.2. The van der Waals surface area contributed by atoms with E-state index in [0.29, 0.717) is 10.7 Å². The molecular weight excluding hydrogens is 286 g/mol. The van der Waals surface area contributed by atoms with Crippen molar-refractivity contribution in [2.24, 2.45) is 5.92 Å². The molecule has 6 nitrogen and oxygen atoms in total. The predicted octanol–water partition coefficient (Wildman–Crippen LogP) is 1.05. The van der Waals surface area contributed by atoms with Crippen molar-refractivity contribution in [1.82, 2.24) is 15.6 Å². The second-order valence-electron chi connectivity index (χ2n) is 5.79. The lowest BCUT2D eigenvalue weighted by molar-refractivity contribution is 0.0957. The lowest BCUT2D eigenvalue weighted by atomic mass is 10.2. The Morgan fingerprint density at radius 3 is 2.90 bits per heavy atom. The number of thiazole rings is 1. The molecule has 2 fully saturated rings. The summed E-state index contributed by atoms with van der Waals surface area (Å²) in [4.78, 5) is 19.3. The van der Waals surface area contributed by atoms with Crippen LogP contribution in [0.3, 0.4) is 0 Å². The van der Waals surface area contributed by atoms with Gasteiger partial charge >= 0.3 is 0 Å². The number of carbonyl (C=O) groups is 1. The number of amides is 1. The molecule has 1 aliphatic carbocycles. The summed E-state index contributed by atoms with van der Waals surface area (Å²) in [6.45, 7) is 4.45. The third kappa shape index (κ3) is 3.85. The Labute approximate surface area is 129 Å². The molecule has 0 unspecified atom stereocenters. The third-order valence-electron chi connectivity index (χ3n) is 4.01. The summed E-state index contributed by atoms with van der Waals surface area (Å²) in [6.07, 6.45) is 5.01. The molecule has 2 heterocycles. The summed E-state index contributed by atoms with van der Waals surface area (Å²) in [5.74, 6) is 1.19. The Kier molecular flexibility index (Phi) is 4.60. The number of carbonyl (C=O) groups excluding carboxylic acids is 1. The SMILES string of the molecule is Nc1nc(N2CCNCC2)sc1C(=O)NCCCC1CC1. The van der Waals surface area contributed by atoms with Crippen LogP contribution in [-0.4, -0.2) is 43.6 Å². The molecular formula is C14H23N5OS. The van der Waals surface area contributed by atoms with E-state index in [1.807, 2.05) is 0 Å². The van der Waals surface area contributed by atoms with Crippen molar-refractivity contribution in [3.63, 3.8) is 0 Å². The van der Waals surface area contributed by atoms with Crippen LogP contribution >= 0.6 is 11.3 Å². The maximum atomic E-state index is 12.2. The molecule has 0 radical (unpaired) electrons. The van der Waals surface area contributed by atoms with E-state index in [4.69, 9.17) is 5.73 Å². The first-order valence-electron chi connectivity index (χ1n) is 7.74. The Balaban J connectivity index is 1.53. The molecule has 3 rings (SSSR count). The normalized spacial score (nSPS) is 18.8. The Morgan fingerprint density at radius 2 is 2.19 bits per heavy atom. The van der Waals surface area contributed by atoms with Crippen LogP contribution in [0, 0.1) is 5.92 Å². The molecule has 116 valence electrons. The van der Waals surface area contributed by atoms with Gasteiger partial charge in [-0.05, 0) is 18.8 Å². The highest BCUT2D eigenvalue weighted by Crippen LogP contribution is 2.33. The number of nitrogen functional groups attached to an aromatic ring is 1. The zero-order chi connectivity index (χ0) is 14.7. The molecule has 0 spiro atoms. The van der Waals surface area contributed by atoms with Crippen LogP contribution in [0.15, 0.2) is 0 Å². The van der Waals surface area contributed by atoms with Crippen molar-refractivity contribution in [2.75, 3.05) is 43.4 Å². The number of rotatable bonds is 6. The topological polar surface area (TPSA) is 83.3 Å². The molecule has 7 heteroatoms. The number of hydrogen-bond acceptors (Lipinski definition) is 6.